The van der Waals surface area contributed by atoms with E-state index in [1.54, 1.807) is 12.1 Å². The van der Waals surface area contributed by atoms with Crippen LogP contribution in [0.5, 0.6) is 5.75 Å². The highest BCUT2D eigenvalue weighted by molar-refractivity contribution is 5.59. The maximum Gasteiger partial charge on any atom is 0.126 e. The van der Waals surface area contributed by atoms with Gasteiger partial charge in [-0.15, -0.1) is 0 Å². The Bertz CT molecular complexity index is 610. The molecule has 0 radical (unpaired) electrons. The average molecular weight is 273 g/mol. The molecule has 0 aliphatic rings. The fraction of sp³-hybridized carbons (Fsp3) is 0.294. The zero-order valence-corrected chi connectivity index (χ0v) is 12.1. The van der Waals surface area contributed by atoms with E-state index in [0.29, 0.717) is 17.7 Å². The third kappa shape index (κ3) is 3.10. The van der Waals surface area contributed by atoms with Crippen LogP contribution in [0.2, 0.25) is 0 Å². The topological polar surface area (TPSA) is 32.3 Å². The molecule has 0 saturated carbocycles. The zero-order valence-electron chi connectivity index (χ0n) is 12.1. The van der Waals surface area contributed by atoms with Crippen molar-refractivity contribution in [3.05, 3.63) is 58.9 Å². The van der Waals surface area contributed by atoms with Crippen LogP contribution in [-0.2, 0) is 6.42 Å². The van der Waals surface area contributed by atoms with Crippen LogP contribution in [0.1, 0.15) is 23.6 Å². The van der Waals surface area contributed by atoms with Crippen LogP contribution < -0.4 is 5.32 Å². The Hall–Kier alpha value is -2.03. The van der Waals surface area contributed by atoms with Crippen molar-refractivity contribution in [1.29, 1.82) is 0 Å². The van der Waals surface area contributed by atoms with E-state index in [-0.39, 0.29) is 11.9 Å². The lowest BCUT2D eigenvalue weighted by Gasteiger charge is -2.18. The van der Waals surface area contributed by atoms with Crippen molar-refractivity contribution in [3.8, 4) is 5.75 Å². The van der Waals surface area contributed by atoms with E-state index in [4.69, 9.17) is 0 Å². The molecule has 1 atom stereocenters. The third-order valence-electron chi connectivity index (χ3n) is 3.52. The van der Waals surface area contributed by atoms with Crippen LogP contribution in [0.15, 0.2) is 36.4 Å². The lowest BCUT2D eigenvalue weighted by atomic mass is 10.0. The number of rotatable bonds is 4. The fourth-order valence-corrected chi connectivity index (χ4v) is 2.30. The zero-order chi connectivity index (χ0) is 14.7. The second kappa shape index (κ2) is 5.95. The second-order valence-electron chi connectivity index (χ2n) is 5.24. The van der Waals surface area contributed by atoms with Gasteiger partial charge < -0.3 is 10.4 Å². The number of aromatic hydroxyl groups is 1. The van der Waals surface area contributed by atoms with Crippen LogP contribution in [0.25, 0.3) is 0 Å². The number of hydrogen-bond donors (Lipinski definition) is 2. The standard InChI is InChI=1S/C17H20FNO/c1-11-8-9-16(13(3)17(11)20)19-12(2)10-14-6-4-5-7-15(14)18/h4-9,12,19-20H,10H2,1-3H3. The summed E-state index contributed by atoms with van der Waals surface area (Å²) in [6, 6.07) is 10.7. The van der Waals surface area contributed by atoms with E-state index in [2.05, 4.69) is 5.32 Å². The summed E-state index contributed by atoms with van der Waals surface area (Å²) in [7, 11) is 0. The van der Waals surface area contributed by atoms with Crippen molar-refractivity contribution in [2.24, 2.45) is 0 Å². The first-order valence-corrected chi connectivity index (χ1v) is 6.78. The number of halogens is 1. The number of phenolic OH excluding ortho intramolecular Hbond substituents is 1. The van der Waals surface area contributed by atoms with Gasteiger partial charge in [0.25, 0.3) is 0 Å². The molecule has 0 heterocycles. The van der Waals surface area contributed by atoms with E-state index in [0.717, 1.165) is 16.8 Å². The minimum absolute atomic E-state index is 0.0766. The largest absolute Gasteiger partial charge is 0.507 e. The maximum absolute atomic E-state index is 13.6. The number of aryl methyl sites for hydroxylation is 1. The van der Waals surface area contributed by atoms with Gasteiger partial charge in [-0.25, -0.2) is 4.39 Å². The molecule has 0 aromatic heterocycles. The summed E-state index contributed by atoms with van der Waals surface area (Å²) >= 11 is 0. The van der Waals surface area contributed by atoms with Crippen LogP contribution in [0.4, 0.5) is 10.1 Å². The Balaban J connectivity index is 2.11. The van der Waals surface area contributed by atoms with Crippen LogP contribution in [0, 0.1) is 19.7 Å². The van der Waals surface area contributed by atoms with Gasteiger partial charge in [-0.3, -0.25) is 0 Å². The third-order valence-corrected chi connectivity index (χ3v) is 3.52. The molecule has 0 saturated heterocycles. The summed E-state index contributed by atoms with van der Waals surface area (Å²) in [5.41, 5.74) is 3.26. The predicted octanol–water partition coefficient (Wildman–Crippen LogP) is 4.19. The number of hydrogen-bond acceptors (Lipinski definition) is 2. The number of nitrogens with one attached hydrogen (secondary N) is 1. The number of anilines is 1. The summed E-state index contributed by atoms with van der Waals surface area (Å²) in [5, 5.41) is 13.3. The lowest BCUT2D eigenvalue weighted by molar-refractivity contribution is 0.467. The van der Waals surface area contributed by atoms with E-state index < -0.39 is 0 Å². The Kier molecular flexibility index (Phi) is 4.28. The normalized spacial score (nSPS) is 12.2. The summed E-state index contributed by atoms with van der Waals surface area (Å²) in [6.45, 7) is 5.75. The van der Waals surface area contributed by atoms with Gasteiger partial charge >= 0.3 is 0 Å². The molecule has 0 aliphatic carbocycles. The van der Waals surface area contributed by atoms with E-state index in [9.17, 15) is 9.50 Å². The summed E-state index contributed by atoms with van der Waals surface area (Å²) in [4.78, 5) is 0. The molecule has 1 unspecified atom stereocenters. The monoisotopic (exact) mass is 273 g/mol. The smallest absolute Gasteiger partial charge is 0.126 e. The van der Waals surface area contributed by atoms with Gasteiger partial charge in [-0.05, 0) is 50.5 Å². The van der Waals surface area contributed by atoms with Gasteiger partial charge in [0, 0.05) is 17.3 Å². The Morgan fingerprint density at radius 3 is 2.55 bits per heavy atom. The highest BCUT2D eigenvalue weighted by Gasteiger charge is 2.11. The minimum Gasteiger partial charge on any atom is -0.507 e. The quantitative estimate of drug-likeness (QED) is 0.875. The van der Waals surface area contributed by atoms with Crippen molar-refractivity contribution in [3.63, 3.8) is 0 Å². The molecule has 0 aliphatic heterocycles. The maximum atomic E-state index is 13.6. The van der Waals surface area contributed by atoms with E-state index >= 15 is 0 Å². The SMILES string of the molecule is Cc1ccc(NC(C)Cc2ccccc2F)c(C)c1O. The second-order valence-corrected chi connectivity index (χ2v) is 5.24. The summed E-state index contributed by atoms with van der Waals surface area (Å²) < 4.78 is 13.6. The molecule has 2 N–H and O–H groups in total. The fourth-order valence-electron chi connectivity index (χ4n) is 2.30. The van der Waals surface area contributed by atoms with Crippen molar-refractivity contribution in [2.45, 2.75) is 33.2 Å². The van der Waals surface area contributed by atoms with E-state index in [1.165, 1.54) is 6.07 Å². The highest BCUT2D eigenvalue weighted by Crippen LogP contribution is 2.28. The van der Waals surface area contributed by atoms with Crippen molar-refractivity contribution in [2.75, 3.05) is 5.32 Å². The first-order valence-electron chi connectivity index (χ1n) is 6.78. The lowest BCUT2D eigenvalue weighted by Crippen LogP contribution is -2.19. The molecule has 2 nitrogen and oxygen atoms in total. The predicted molar refractivity (Wildman–Crippen MR) is 80.8 cm³/mol. The van der Waals surface area contributed by atoms with Gasteiger partial charge in [-0.2, -0.15) is 0 Å². The molecule has 0 spiro atoms. The van der Waals surface area contributed by atoms with Crippen LogP contribution in [-0.4, -0.2) is 11.1 Å². The molecule has 2 aromatic carbocycles. The van der Waals surface area contributed by atoms with Crippen molar-refractivity contribution >= 4 is 5.69 Å². The van der Waals surface area contributed by atoms with Gasteiger partial charge in [0.15, 0.2) is 0 Å². The average Bonchev–Trinajstić information content (AvgIpc) is 2.42. The molecule has 106 valence electrons. The molecule has 20 heavy (non-hydrogen) atoms. The summed E-state index contributed by atoms with van der Waals surface area (Å²) in [6.07, 6.45) is 0.598. The Morgan fingerprint density at radius 2 is 1.85 bits per heavy atom. The van der Waals surface area contributed by atoms with Crippen molar-refractivity contribution < 1.29 is 9.50 Å². The Labute approximate surface area is 119 Å². The van der Waals surface area contributed by atoms with Gasteiger partial charge in [0.2, 0.25) is 0 Å². The Morgan fingerprint density at radius 1 is 1.15 bits per heavy atom. The first-order chi connectivity index (χ1) is 9.49. The van der Waals surface area contributed by atoms with E-state index in [1.807, 2.05) is 39.0 Å². The minimum atomic E-state index is -0.176. The van der Waals surface area contributed by atoms with Crippen molar-refractivity contribution in [1.82, 2.24) is 0 Å². The number of phenols is 1. The van der Waals surface area contributed by atoms with Gasteiger partial charge in [0.05, 0.1) is 0 Å². The van der Waals surface area contributed by atoms with Crippen LogP contribution in [0.3, 0.4) is 0 Å². The molecule has 0 bridgehead atoms. The van der Waals surface area contributed by atoms with Crippen LogP contribution >= 0.6 is 0 Å². The molecule has 0 fully saturated rings. The molecule has 0 amide bonds. The van der Waals surface area contributed by atoms with Gasteiger partial charge in [0.1, 0.15) is 11.6 Å². The molecular formula is C17H20FNO. The highest BCUT2D eigenvalue weighted by atomic mass is 19.1. The molecule has 2 aromatic rings. The molecular weight excluding hydrogens is 253 g/mol. The first kappa shape index (κ1) is 14.4. The molecule has 3 heteroatoms. The summed E-state index contributed by atoms with van der Waals surface area (Å²) in [5.74, 6) is 0.137. The number of benzene rings is 2. The molecule has 2 rings (SSSR count). The van der Waals surface area contributed by atoms with Gasteiger partial charge in [-0.1, -0.05) is 24.3 Å².